The Morgan fingerprint density at radius 1 is 1.44 bits per heavy atom. The molecule has 1 N–H and O–H groups in total. The molecule has 0 saturated carbocycles. The molecule has 138 valence electrons. The highest BCUT2D eigenvalue weighted by atomic mass is 16.5. The maximum absolute atomic E-state index is 12.3. The number of carbonyl (C=O) groups excluding carboxylic acids is 1. The number of hydrogen-bond donors (Lipinski definition) is 1. The zero-order valence-electron chi connectivity index (χ0n) is 15.2. The lowest BCUT2D eigenvalue weighted by molar-refractivity contribution is -0.0535. The van der Waals surface area contributed by atoms with Gasteiger partial charge < -0.3 is 24.6 Å². The summed E-state index contributed by atoms with van der Waals surface area (Å²) in [5, 5.41) is 11.5. The Morgan fingerprint density at radius 3 is 3.00 bits per heavy atom. The highest BCUT2D eigenvalue weighted by Gasteiger charge is 2.44. The SMILES string of the molecule is Cc1ccc(NC[C@@H]2CO[C@]3(COCCN(C(=O)N(C)C)C3)C2)nn1. The summed E-state index contributed by atoms with van der Waals surface area (Å²) in [5.41, 5.74) is 0.489. The van der Waals surface area contributed by atoms with Gasteiger partial charge in [-0.3, -0.25) is 0 Å². The van der Waals surface area contributed by atoms with Crippen LogP contribution in [-0.4, -0.2) is 85.2 Å². The van der Waals surface area contributed by atoms with E-state index in [0.29, 0.717) is 38.8 Å². The molecule has 0 unspecified atom stereocenters. The van der Waals surface area contributed by atoms with Crippen LogP contribution in [0.15, 0.2) is 12.1 Å². The Morgan fingerprint density at radius 2 is 2.28 bits per heavy atom. The molecule has 0 radical (unpaired) electrons. The second kappa shape index (κ2) is 7.53. The van der Waals surface area contributed by atoms with Gasteiger partial charge in [-0.2, -0.15) is 5.10 Å². The largest absolute Gasteiger partial charge is 0.377 e. The molecule has 2 atom stereocenters. The van der Waals surface area contributed by atoms with Gasteiger partial charge in [-0.1, -0.05) is 0 Å². The molecule has 1 aromatic rings. The third-order valence-electron chi connectivity index (χ3n) is 4.66. The second-order valence-corrected chi connectivity index (χ2v) is 7.16. The predicted molar refractivity (Wildman–Crippen MR) is 93.5 cm³/mol. The predicted octanol–water partition coefficient (Wildman–Crippen LogP) is 0.986. The van der Waals surface area contributed by atoms with Crippen LogP contribution in [0.5, 0.6) is 0 Å². The average molecular weight is 349 g/mol. The van der Waals surface area contributed by atoms with Gasteiger partial charge in [-0.05, 0) is 25.5 Å². The van der Waals surface area contributed by atoms with Gasteiger partial charge in [0.1, 0.15) is 11.4 Å². The number of nitrogens with zero attached hydrogens (tertiary/aromatic N) is 4. The van der Waals surface area contributed by atoms with Crippen molar-refractivity contribution in [2.45, 2.75) is 18.9 Å². The minimum Gasteiger partial charge on any atom is -0.377 e. The summed E-state index contributed by atoms with van der Waals surface area (Å²) in [5.74, 6) is 1.12. The molecule has 2 fully saturated rings. The monoisotopic (exact) mass is 349 g/mol. The van der Waals surface area contributed by atoms with E-state index >= 15 is 0 Å². The first-order valence-corrected chi connectivity index (χ1v) is 8.70. The number of amides is 2. The average Bonchev–Trinajstić information content (AvgIpc) is 2.87. The van der Waals surface area contributed by atoms with E-state index in [0.717, 1.165) is 24.5 Å². The molecule has 3 heterocycles. The molecule has 0 aromatic carbocycles. The van der Waals surface area contributed by atoms with Crippen LogP contribution in [-0.2, 0) is 9.47 Å². The number of ether oxygens (including phenoxy) is 2. The first kappa shape index (κ1) is 17.9. The van der Waals surface area contributed by atoms with Crippen LogP contribution >= 0.6 is 0 Å². The Kier molecular flexibility index (Phi) is 5.39. The maximum atomic E-state index is 12.3. The first-order valence-electron chi connectivity index (χ1n) is 8.70. The highest BCUT2D eigenvalue weighted by Crippen LogP contribution is 2.33. The number of nitrogens with one attached hydrogen (secondary N) is 1. The summed E-state index contributed by atoms with van der Waals surface area (Å²) in [6, 6.07) is 3.87. The number of urea groups is 1. The van der Waals surface area contributed by atoms with Gasteiger partial charge in [0, 0.05) is 33.1 Å². The maximum Gasteiger partial charge on any atom is 0.319 e. The first-order chi connectivity index (χ1) is 12.0. The van der Waals surface area contributed by atoms with Crippen molar-refractivity contribution in [1.29, 1.82) is 0 Å². The normalized spacial score (nSPS) is 26.5. The molecule has 2 aliphatic rings. The van der Waals surface area contributed by atoms with Crippen LogP contribution in [0.1, 0.15) is 12.1 Å². The summed E-state index contributed by atoms with van der Waals surface area (Å²) in [4.78, 5) is 15.8. The molecule has 2 aliphatic heterocycles. The van der Waals surface area contributed by atoms with Crippen LogP contribution in [0.3, 0.4) is 0 Å². The van der Waals surface area contributed by atoms with Gasteiger partial charge in [0.25, 0.3) is 0 Å². The van der Waals surface area contributed by atoms with E-state index in [2.05, 4.69) is 15.5 Å². The summed E-state index contributed by atoms with van der Waals surface area (Å²) < 4.78 is 11.9. The fraction of sp³-hybridized carbons (Fsp3) is 0.706. The quantitative estimate of drug-likeness (QED) is 0.876. The third-order valence-corrected chi connectivity index (χ3v) is 4.66. The molecule has 8 nitrogen and oxygen atoms in total. The summed E-state index contributed by atoms with van der Waals surface area (Å²) in [6.45, 7) is 5.59. The van der Waals surface area contributed by atoms with Crippen molar-refractivity contribution in [3.8, 4) is 0 Å². The molecule has 3 rings (SSSR count). The molecule has 0 aliphatic carbocycles. The number of hydrogen-bond acceptors (Lipinski definition) is 6. The van der Waals surface area contributed by atoms with Crippen molar-refractivity contribution in [1.82, 2.24) is 20.0 Å². The van der Waals surface area contributed by atoms with E-state index in [1.807, 2.05) is 24.0 Å². The van der Waals surface area contributed by atoms with Crippen LogP contribution in [0.25, 0.3) is 0 Å². The van der Waals surface area contributed by atoms with Gasteiger partial charge in [-0.25, -0.2) is 4.79 Å². The van der Waals surface area contributed by atoms with Crippen LogP contribution in [0.2, 0.25) is 0 Å². The summed E-state index contributed by atoms with van der Waals surface area (Å²) >= 11 is 0. The van der Waals surface area contributed by atoms with E-state index < -0.39 is 5.60 Å². The molecule has 1 spiro atoms. The highest BCUT2D eigenvalue weighted by molar-refractivity contribution is 5.74. The topological polar surface area (TPSA) is 79.8 Å². The lowest BCUT2D eigenvalue weighted by Crippen LogP contribution is -2.49. The van der Waals surface area contributed by atoms with Gasteiger partial charge in [0.05, 0.1) is 32.1 Å². The van der Waals surface area contributed by atoms with Crippen molar-refractivity contribution in [3.63, 3.8) is 0 Å². The lowest BCUT2D eigenvalue weighted by Gasteiger charge is -2.32. The molecular weight excluding hydrogens is 322 g/mol. The molecular formula is C17H27N5O3. The zero-order valence-corrected chi connectivity index (χ0v) is 15.2. The van der Waals surface area contributed by atoms with E-state index in [1.165, 1.54) is 0 Å². The van der Waals surface area contributed by atoms with Crippen molar-refractivity contribution in [3.05, 3.63) is 17.8 Å². The number of rotatable bonds is 3. The Bertz CT molecular complexity index is 594. The van der Waals surface area contributed by atoms with Gasteiger partial charge in [-0.15, -0.1) is 5.10 Å². The molecule has 2 amide bonds. The number of anilines is 1. The lowest BCUT2D eigenvalue weighted by atomic mass is 9.94. The van der Waals surface area contributed by atoms with Crippen molar-refractivity contribution >= 4 is 11.8 Å². The fourth-order valence-electron chi connectivity index (χ4n) is 3.37. The Labute approximate surface area is 148 Å². The smallest absolute Gasteiger partial charge is 0.319 e. The van der Waals surface area contributed by atoms with Crippen molar-refractivity contribution in [2.24, 2.45) is 5.92 Å². The Hall–Kier alpha value is -1.93. The van der Waals surface area contributed by atoms with E-state index in [-0.39, 0.29) is 6.03 Å². The van der Waals surface area contributed by atoms with Crippen LogP contribution < -0.4 is 5.32 Å². The molecule has 1 aromatic heterocycles. The second-order valence-electron chi connectivity index (χ2n) is 7.16. The minimum atomic E-state index is -0.409. The standard InChI is InChI=1S/C17H27N5O3/c1-13-4-5-15(20-19-13)18-9-14-8-17(25-10-14)11-22(6-7-24-12-17)16(23)21(2)3/h4-5,14H,6-12H2,1-3H3,(H,18,20)/t14-,17-/m1/s1. The summed E-state index contributed by atoms with van der Waals surface area (Å²) in [7, 11) is 3.54. The van der Waals surface area contributed by atoms with Gasteiger partial charge in [0.15, 0.2) is 0 Å². The Balaban J connectivity index is 1.57. The number of carbonyl (C=O) groups is 1. The molecule has 0 bridgehead atoms. The van der Waals surface area contributed by atoms with Gasteiger partial charge >= 0.3 is 6.03 Å². The van der Waals surface area contributed by atoms with E-state index in [9.17, 15) is 4.79 Å². The van der Waals surface area contributed by atoms with Crippen molar-refractivity contribution in [2.75, 3.05) is 58.9 Å². The molecule has 8 heteroatoms. The molecule has 2 saturated heterocycles. The van der Waals surface area contributed by atoms with Gasteiger partial charge in [0.2, 0.25) is 0 Å². The van der Waals surface area contributed by atoms with E-state index in [4.69, 9.17) is 9.47 Å². The zero-order chi connectivity index (χ0) is 17.9. The minimum absolute atomic E-state index is 0.00461. The van der Waals surface area contributed by atoms with Crippen LogP contribution in [0.4, 0.5) is 10.6 Å². The number of aryl methyl sites for hydroxylation is 1. The van der Waals surface area contributed by atoms with Crippen molar-refractivity contribution < 1.29 is 14.3 Å². The molecule has 25 heavy (non-hydrogen) atoms. The number of aromatic nitrogens is 2. The summed E-state index contributed by atoms with van der Waals surface area (Å²) in [6.07, 6.45) is 0.858. The van der Waals surface area contributed by atoms with E-state index in [1.54, 1.807) is 19.0 Å². The fourth-order valence-corrected chi connectivity index (χ4v) is 3.37. The third kappa shape index (κ3) is 4.38. The van der Waals surface area contributed by atoms with Crippen LogP contribution in [0, 0.1) is 12.8 Å².